The minimum Gasteiger partial charge on any atom is -0.478 e. The van der Waals surface area contributed by atoms with Crippen molar-refractivity contribution >= 4 is 35.4 Å². The molecule has 12 heteroatoms. The van der Waals surface area contributed by atoms with E-state index in [4.69, 9.17) is 10.5 Å². The third-order valence-corrected chi connectivity index (χ3v) is 7.31. The zero-order chi connectivity index (χ0) is 32.2. The maximum absolute atomic E-state index is 14.2. The van der Waals surface area contributed by atoms with Crippen molar-refractivity contribution < 1.29 is 35.0 Å². The normalized spacial score (nSPS) is 13.0. The predicted molar refractivity (Wildman–Crippen MR) is 167 cm³/mol. The lowest BCUT2D eigenvalue weighted by molar-refractivity contribution is -0.253. The molecule has 1 aliphatic heterocycles. The van der Waals surface area contributed by atoms with E-state index in [1.165, 1.54) is 22.8 Å². The molecule has 0 bridgehead atoms. The van der Waals surface area contributed by atoms with Crippen LogP contribution in [0.15, 0.2) is 82.7 Å². The van der Waals surface area contributed by atoms with E-state index in [1.807, 2.05) is 49.3 Å². The van der Waals surface area contributed by atoms with E-state index in [-0.39, 0.29) is 46.3 Å². The van der Waals surface area contributed by atoms with Crippen LogP contribution in [0.4, 0.5) is 11.4 Å². The average molecular weight is 611 g/mol. The summed E-state index contributed by atoms with van der Waals surface area (Å²) in [5.74, 6) is -1.77. The van der Waals surface area contributed by atoms with Crippen molar-refractivity contribution in [3.05, 3.63) is 127 Å². The van der Waals surface area contributed by atoms with Crippen LogP contribution in [0.2, 0.25) is 0 Å². The van der Waals surface area contributed by atoms with E-state index < -0.39 is 17.4 Å². The fourth-order valence-corrected chi connectivity index (χ4v) is 5.07. The summed E-state index contributed by atoms with van der Waals surface area (Å²) in [6, 6.07) is 18.5. The monoisotopic (exact) mass is 610 g/mol. The molecule has 0 saturated carbocycles. The number of amides is 1. The highest BCUT2D eigenvalue weighted by Gasteiger charge is 2.31. The molecule has 12 nitrogen and oxygen atoms in total. The Morgan fingerprint density at radius 2 is 1.62 bits per heavy atom. The first-order chi connectivity index (χ1) is 21.6. The Morgan fingerprint density at radius 3 is 2.29 bits per heavy atom. The summed E-state index contributed by atoms with van der Waals surface area (Å²) in [7, 11) is 3.89. The fourth-order valence-electron chi connectivity index (χ4n) is 5.07. The number of carbonyl (C=O) groups is 2. The Kier molecular flexibility index (Phi) is 9.02. The molecule has 2 heterocycles. The van der Waals surface area contributed by atoms with E-state index in [1.54, 1.807) is 43.3 Å². The molecule has 5 rings (SSSR count). The minimum absolute atomic E-state index is 0.00474. The van der Waals surface area contributed by atoms with Crippen LogP contribution in [-0.2, 0) is 23.0 Å². The lowest BCUT2D eigenvalue weighted by Gasteiger charge is -2.13. The number of benzene rings is 3. The molecular formula is C33H30N4O8. The first kappa shape index (κ1) is 31.0. The molecule has 1 amide bonds. The molecule has 0 aliphatic carbocycles. The number of fused-ring (bicyclic) bond motifs is 1. The topological polar surface area (TPSA) is 154 Å². The quantitative estimate of drug-likeness (QED) is 0.181. The molecule has 4 aromatic rings. The maximum Gasteiger partial charge on any atom is 0.335 e. The van der Waals surface area contributed by atoms with Crippen molar-refractivity contribution in [2.24, 2.45) is 5.10 Å². The molecule has 0 unspecified atom stereocenters. The van der Waals surface area contributed by atoms with Gasteiger partial charge in [0.1, 0.15) is 13.2 Å². The highest BCUT2D eigenvalue weighted by Crippen LogP contribution is 2.23. The Morgan fingerprint density at radius 1 is 0.933 bits per heavy atom. The van der Waals surface area contributed by atoms with Gasteiger partial charge in [0.2, 0.25) is 0 Å². The maximum atomic E-state index is 14.2. The Bertz CT molecular complexity index is 2000. The van der Waals surface area contributed by atoms with Crippen LogP contribution in [0, 0.1) is 6.92 Å². The number of anilines is 2. The second kappa shape index (κ2) is 13.1. The minimum atomic E-state index is -1.26. The molecular weight excluding hydrogens is 580 g/mol. The van der Waals surface area contributed by atoms with Gasteiger partial charge in [-0.1, -0.05) is 36.4 Å². The molecule has 0 fully saturated rings. The number of carboxylic acid groups (broad SMARTS) is 1. The van der Waals surface area contributed by atoms with Crippen LogP contribution < -0.4 is 26.2 Å². The summed E-state index contributed by atoms with van der Waals surface area (Å²) in [5, 5.41) is 33.6. The van der Waals surface area contributed by atoms with Crippen molar-refractivity contribution in [3.63, 3.8) is 0 Å². The van der Waals surface area contributed by atoms with Gasteiger partial charge >= 0.3 is 5.97 Å². The smallest absolute Gasteiger partial charge is 0.335 e. The van der Waals surface area contributed by atoms with Crippen LogP contribution in [0.1, 0.15) is 43.0 Å². The molecule has 3 N–H and O–H groups in total. The van der Waals surface area contributed by atoms with Gasteiger partial charge in [-0.2, -0.15) is 5.01 Å². The number of nitrogens with zero attached hydrogens (tertiary/aromatic N) is 4. The number of hydrogen-bond acceptors (Lipinski definition) is 9. The molecule has 0 radical (unpaired) electrons. The summed E-state index contributed by atoms with van der Waals surface area (Å²) in [6.45, 7) is 1.20. The highest BCUT2D eigenvalue weighted by molar-refractivity contribution is 6.08. The number of carbonyl (C=O) groups excluding carboxylic acids is 1. The number of aromatic carboxylic acids is 1. The van der Waals surface area contributed by atoms with Crippen LogP contribution >= 0.6 is 0 Å². The lowest BCUT2D eigenvalue weighted by Crippen LogP contribution is -2.45. The lowest BCUT2D eigenvalue weighted by atomic mass is 10.1. The van der Waals surface area contributed by atoms with Crippen molar-refractivity contribution in [3.8, 4) is 5.69 Å². The molecule has 0 spiro atoms. The molecule has 1 aromatic heterocycles. The zero-order valence-electron chi connectivity index (χ0n) is 24.7. The molecule has 230 valence electrons. The summed E-state index contributed by atoms with van der Waals surface area (Å²) in [6.07, 6.45) is 5.13. The van der Waals surface area contributed by atoms with Gasteiger partial charge in [-0.25, -0.2) is 14.6 Å². The summed E-state index contributed by atoms with van der Waals surface area (Å²) in [4.78, 5) is 50.5. The number of aromatic nitrogens is 1. The number of carboxylic acids is 1. The second-order valence-electron chi connectivity index (χ2n) is 10.5. The largest absolute Gasteiger partial charge is 0.478 e. The first-order valence-corrected chi connectivity index (χ1v) is 13.8. The average Bonchev–Trinajstić information content (AvgIpc) is 3.36. The number of allylic oxidation sites excluding steroid dienone is 1. The second-order valence-corrected chi connectivity index (χ2v) is 10.5. The Hall–Kier alpha value is -5.40. The third-order valence-electron chi connectivity index (χ3n) is 7.31. The summed E-state index contributed by atoms with van der Waals surface area (Å²) in [5.41, 5.74) is 3.08. The van der Waals surface area contributed by atoms with Crippen molar-refractivity contribution in [1.82, 2.24) is 4.57 Å². The van der Waals surface area contributed by atoms with Crippen molar-refractivity contribution in [2.75, 3.05) is 24.0 Å². The number of pyridine rings is 1. The molecule has 0 atom stereocenters. The standard InChI is InChI=1S/C33H30N4O8/c1-20-28(9-5-6-21-10-12-25(13-11-21)35(2)3)31(38)36(27-16-23(19-45-43)14-24(17-27)33(40)41)30-29(20)32(39)37(34-30)26-8-4-7-22(15-26)18-44-42/h4-17,42-43H,18-19H2,1-3H3,(H,40,41)/b6-5+,28-9+. The summed E-state index contributed by atoms with van der Waals surface area (Å²) >= 11 is 0. The van der Waals surface area contributed by atoms with Crippen LogP contribution in [0.25, 0.3) is 17.8 Å². The fraction of sp³-hybridized carbons (Fsp3) is 0.152. The Balaban J connectivity index is 1.74. The van der Waals surface area contributed by atoms with Gasteiger partial charge in [-0.3, -0.25) is 24.7 Å². The van der Waals surface area contributed by atoms with Gasteiger partial charge in [0.05, 0.1) is 22.5 Å². The van der Waals surface area contributed by atoms with E-state index in [2.05, 4.69) is 14.9 Å². The predicted octanol–water partition coefficient (Wildman–Crippen LogP) is 3.58. The molecule has 0 saturated heterocycles. The van der Waals surface area contributed by atoms with E-state index in [0.717, 1.165) is 16.3 Å². The third kappa shape index (κ3) is 6.30. The van der Waals surface area contributed by atoms with Crippen LogP contribution in [-0.4, -0.2) is 46.2 Å². The van der Waals surface area contributed by atoms with Gasteiger partial charge in [0.15, 0.2) is 5.49 Å². The Labute approximate surface area is 257 Å². The molecule has 45 heavy (non-hydrogen) atoms. The van der Waals surface area contributed by atoms with Crippen molar-refractivity contribution in [2.45, 2.75) is 20.1 Å². The van der Waals surface area contributed by atoms with Crippen molar-refractivity contribution in [1.29, 1.82) is 0 Å². The highest BCUT2D eigenvalue weighted by atomic mass is 17.1. The van der Waals surface area contributed by atoms with Crippen LogP contribution in [0.5, 0.6) is 0 Å². The summed E-state index contributed by atoms with van der Waals surface area (Å²) < 4.78 is 1.18. The van der Waals surface area contributed by atoms with Crippen LogP contribution in [0.3, 0.4) is 0 Å². The van der Waals surface area contributed by atoms with Gasteiger partial charge < -0.3 is 10.0 Å². The molecule has 1 aliphatic rings. The first-order valence-electron chi connectivity index (χ1n) is 13.8. The van der Waals surface area contributed by atoms with E-state index >= 15 is 0 Å². The number of rotatable bonds is 10. The van der Waals surface area contributed by atoms with E-state index in [0.29, 0.717) is 16.8 Å². The van der Waals surface area contributed by atoms with Gasteiger partial charge in [-0.05, 0) is 77.7 Å². The van der Waals surface area contributed by atoms with Gasteiger partial charge in [-0.15, -0.1) is 5.10 Å². The van der Waals surface area contributed by atoms with Gasteiger partial charge in [0, 0.05) is 25.0 Å². The van der Waals surface area contributed by atoms with E-state index in [9.17, 15) is 19.5 Å². The molecule has 3 aromatic carbocycles. The SMILES string of the molecule is Cc1c2c(n(-c3cc(COO)cc(C(=O)O)c3)c(=O)/c1=C/C=C/c1ccc(N(C)C)cc1)=NN(c1cccc(COO)c1)C2=O. The van der Waals surface area contributed by atoms with Gasteiger partial charge in [0.25, 0.3) is 11.5 Å². The number of hydrogen-bond donors (Lipinski definition) is 3. The zero-order valence-corrected chi connectivity index (χ0v) is 24.7.